The van der Waals surface area contributed by atoms with E-state index < -0.39 is 5.97 Å². The minimum Gasteiger partial charge on any atom is -0.467 e. The summed E-state index contributed by atoms with van der Waals surface area (Å²) in [5.74, 6) is -0.405. The molecule has 0 aliphatic heterocycles. The van der Waals surface area contributed by atoms with Crippen LogP contribution in [0, 0.1) is 0 Å². The van der Waals surface area contributed by atoms with Crippen LogP contribution in [0.5, 0.6) is 0 Å². The van der Waals surface area contributed by atoms with Gasteiger partial charge in [0.15, 0.2) is 0 Å². The Labute approximate surface area is 209 Å². The molecule has 0 fully saturated rings. The summed E-state index contributed by atoms with van der Waals surface area (Å²) in [5, 5.41) is 0. The number of hydrogen-bond donors (Lipinski definition) is 0. The Kier molecular flexibility index (Phi) is 30.3. The molecule has 0 aliphatic carbocycles. The van der Waals surface area contributed by atoms with E-state index >= 15 is 0 Å². The quantitative estimate of drug-likeness (QED) is 0.0972. The van der Waals surface area contributed by atoms with E-state index in [1.54, 1.807) is 0 Å². The number of carbonyl (C=O) groups is 1. The third-order valence-electron chi connectivity index (χ3n) is 4.00. The standard InChI is InChI=1S/C23H46O12/c1-3-26-4-5-27-6-7-28-8-9-29-10-11-30-12-13-31-14-15-32-16-17-33-18-19-34-20-21-35-22-23(24)25-2/h3-22H2,1-2H3. The molecule has 0 atom stereocenters. The predicted octanol–water partition coefficient (Wildman–Crippen LogP) is 0.345. The lowest BCUT2D eigenvalue weighted by Gasteiger charge is -2.09. The van der Waals surface area contributed by atoms with Gasteiger partial charge in [0, 0.05) is 6.61 Å². The van der Waals surface area contributed by atoms with Crippen molar-refractivity contribution in [2.45, 2.75) is 6.92 Å². The monoisotopic (exact) mass is 514 g/mol. The van der Waals surface area contributed by atoms with Crippen LogP contribution in [-0.4, -0.2) is 145 Å². The molecule has 0 saturated heterocycles. The first-order valence-corrected chi connectivity index (χ1v) is 12.2. The van der Waals surface area contributed by atoms with E-state index in [1.165, 1.54) is 7.11 Å². The molecule has 12 nitrogen and oxygen atoms in total. The van der Waals surface area contributed by atoms with Gasteiger partial charge in [0.1, 0.15) is 6.61 Å². The van der Waals surface area contributed by atoms with Gasteiger partial charge in [-0.05, 0) is 6.92 Å². The highest BCUT2D eigenvalue weighted by Gasteiger charge is 1.99. The summed E-state index contributed by atoms with van der Waals surface area (Å²) < 4.78 is 57.8. The van der Waals surface area contributed by atoms with E-state index in [2.05, 4.69) is 4.74 Å². The van der Waals surface area contributed by atoms with Crippen molar-refractivity contribution >= 4 is 5.97 Å². The maximum Gasteiger partial charge on any atom is 0.331 e. The smallest absolute Gasteiger partial charge is 0.331 e. The average Bonchev–Trinajstić information content (AvgIpc) is 2.87. The van der Waals surface area contributed by atoms with Crippen molar-refractivity contribution in [3.05, 3.63) is 0 Å². The Hall–Kier alpha value is -0.930. The molecular weight excluding hydrogens is 468 g/mol. The van der Waals surface area contributed by atoms with Crippen molar-refractivity contribution in [2.24, 2.45) is 0 Å². The fourth-order valence-electron chi connectivity index (χ4n) is 2.24. The Morgan fingerprint density at radius 1 is 0.400 bits per heavy atom. The second-order valence-corrected chi connectivity index (χ2v) is 6.72. The molecule has 0 aromatic carbocycles. The Balaban J connectivity index is 3.02. The number of hydrogen-bond acceptors (Lipinski definition) is 12. The molecule has 0 aliphatic rings. The Morgan fingerprint density at radius 3 is 0.857 bits per heavy atom. The highest BCUT2D eigenvalue weighted by molar-refractivity contribution is 5.70. The molecule has 0 aromatic rings. The van der Waals surface area contributed by atoms with Gasteiger partial charge in [-0.15, -0.1) is 0 Å². The zero-order valence-corrected chi connectivity index (χ0v) is 21.5. The molecule has 0 saturated carbocycles. The van der Waals surface area contributed by atoms with Crippen LogP contribution < -0.4 is 0 Å². The average molecular weight is 515 g/mol. The molecule has 0 aromatic heterocycles. The van der Waals surface area contributed by atoms with Crippen LogP contribution in [0.4, 0.5) is 0 Å². The van der Waals surface area contributed by atoms with Crippen molar-refractivity contribution in [2.75, 3.05) is 139 Å². The fraction of sp³-hybridized carbons (Fsp3) is 0.957. The van der Waals surface area contributed by atoms with Crippen LogP contribution in [0.15, 0.2) is 0 Å². The highest BCUT2D eigenvalue weighted by atomic mass is 16.6. The molecule has 0 amide bonds. The van der Waals surface area contributed by atoms with Gasteiger partial charge in [-0.3, -0.25) is 0 Å². The largest absolute Gasteiger partial charge is 0.467 e. The molecule has 0 radical (unpaired) electrons. The second kappa shape index (κ2) is 31.1. The summed E-state index contributed by atoms with van der Waals surface area (Å²) in [6, 6.07) is 0. The van der Waals surface area contributed by atoms with E-state index in [0.29, 0.717) is 126 Å². The summed E-state index contributed by atoms with van der Waals surface area (Å²) in [6.07, 6.45) is 0. The third kappa shape index (κ3) is 31.0. The minimum atomic E-state index is -0.405. The van der Waals surface area contributed by atoms with E-state index in [0.717, 1.165) is 0 Å². The molecule has 0 rings (SSSR count). The molecule has 210 valence electrons. The normalized spacial score (nSPS) is 11.3. The van der Waals surface area contributed by atoms with E-state index in [4.69, 9.17) is 47.4 Å². The van der Waals surface area contributed by atoms with Gasteiger partial charge in [0.25, 0.3) is 0 Å². The van der Waals surface area contributed by atoms with E-state index in [1.807, 2.05) is 6.92 Å². The Bertz CT molecular complexity index is 414. The summed E-state index contributed by atoms with van der Waals surface area (Å²) >= 11 is 0. The van der Waals surface area contributed by atoms with Crippen LogP contribution in [0.3, 0.4) is 0 Å². The second-order valence-electron chi connectivity index (χ2n) is 6.72. The zero-order valence-electron chi connectivity index (χ0n) is 21.5. The topological polar surface area (TPSA) is 119 Å². The van der Waals surface area contributed by atoms with Gasteiger partial charge in [0.05, 0.1) is 126 Å². The first-order valence-electron chi connectivity index (χ1n) is 12.2. The van der Waals surface area contributed by atoms with E-state index in [-0.39, 0.29) is 6.61 Å². The van der Waals surface area contributed by atoms with Crippen molar-refractivity contribution in [1.82, 2.24) is 0 Å². The molecule has 0 bridgehead atoms. The van der Waals surface area contributed by atoms with Gasteiger partial charge in [-0.1, -0.05) is 0 Å². The van der Waals surface area contributed by atoms with Crippen molar-refractivity contribution in [3.63, 3.8) is 0 Å². The van der Waals surface area contributed by atoms with Crippen LogP contribution in [0.25, 0.3) is 0 Å². The number of ether oxygens (including phenoxy) is 11. The molecule has 0 heterocycles. The van der Waals surface area contributed by atoms with Crippen LogP contribution in [0.1, 0.15) is 6.92 Å². The van der Waals surface area contributed by atoms with Gasteiger partial charge >= 0.3 is 5.97 Å². The third-order valence-corrected chi connectivity index (χ3v) is 4.00. The molecule has 0 unspecified atom stereocenters. The molecule has 35 heavy (non-hydrogen) atoms. The summed E-state index contributed by atoms with van der Waals surface area (Å²) in [5.41, 5.74) is 0. The Morgan fingerprint density at radius 2 is 0.629 bits per heavy atom. The maximum absolute atomic E-state index is 10.8. The fourth-order valence-corrected chi connectivity index (χ4v) is 2.24. The first-order chi connectivity index (χ1) is 17.3. The van der Waals surface area contributed by atoms with Crippen molar-refractivity contribution in [3.8, 4) is 0 Å². The van der Waals surface area contributed by atoms with E-state index in [9.17, 15) is 4.79 Å². The van der Waals surface area contributed by atoms with Crippen LogP contribution >= 0.6 is 0 Å². The van der Waals surface area contributed by atoms with Gasteiger partial charge in [0.2, 0.25) is 0 Å². The lowest BCUT2D eigenvalue weighted by molar-refractivity contribution is -0.146. The lowest BCUT2D eigenvalue weighted by Crippen LogP contribution is -2.16. The maximum atomic E-state index is 10.8. The van der Waals surface area contributed by atoms with Gasteiger partial charge < -0.3 is 52.1 Å². The zero-order chi connectivity index (χ0) is 25.5. The number of methoxy groups -OCH3 is 1. The highest BCUT2D eigenvalue weighted by Crippen LogP contribution is 1.86. The summed E-state index contributed by atoms with van der Waals surface area (Å²) in [7, 11) is 1.32. The number of esters is 1. The summed E-state index contributed by atoms with van der Waals surface area (Å²) in [4.78, 5) is 10.8. The number of rotatable bonds is 30. The first kappa shape index (κ1) is 34.1. The molecule has 0 N–H and O–H groups in total. The van der Waals surface area contributed by atoms with Gasteiger partial charge in [-0.2, -0.15) is 0 Å². The molecular formula is C23H46O12. The molecule has 12 heteroatoms. The predicted molar refractivity (Wildman–Crippen MR) is 126 cm³/mol. The van der Waals surface area contributed by atoms with Crippen LogP contribution in [-0.2, 0) is 56.9 Å². The minimum absolute atomic E-state index is 0.0658. The van der Waals surface area contributed by atoms with Crippen molar-refractivity contribution < 1.29 is 56.9 Å². The summed E-state index contributed by atoms with van der Waals surface area (Å²) in [6.45, 7) is 11.7. The van der Waals surface area contributed by atoms with Crippen LogP contribution in [0.2, 0.25) is 0 Å². The number of carbonyl (C=O) groups excluding carboxylic acids is 1. The van der Waals surface area contributed by atoms with Gasteiger partial charge in [-0.25, -0.2) is 4.79 Å². The lowest BCUT2D eigenvalue weighted by atomic mass is 10.6. The van der Waals surface area contributed by atoms with Crippen molar-refractivity contribution in [1.29, 1.82) is 0 Å². The SMILES string of the molecule is CCOCCOCCOCCOCCOCCOCCOCCOCCOCCOCC(=O)OC. The molecule has 0 spiro atoms.